The van der Waals surface area contributed by atoms with Gasteiger partial charge in [0.15, 0.2) is 0 Å². The highest BCUT2D eigenvalue weighted by Gasteiger charge is 2.42. The predicted octanol–water partition coefficient (Wildman–Crippen LogP) is 1.26. The Bertz CT molecular complexity index is 423. The van der Waals surface area contributed by atoms with Crippen molar-refractivity contribution >= 4 is 23.1 Å². The highest BCUT2D eigenvalue weighted by molar-refractivity contribution is 7.80. The molecule has 1 fully saturated rings. The molecule has 0 spiro atoms. The monoisotopic (exact) mass is 266 g/mol. The maximum atomic E-state index is 12.3. The molecule has 0 saturated heterocycles. The van der Waals surface area contributed by atoms with E-state index in [0.717, 1.165) is 37.9 Å². The summed E-state index contributed by atoms with van der Waals surface area (Å²) in [5.74, 6) is 0.670. The van der Waals surface area contributed by atoms with Crippen molar-refractivity contribution in [1.29, 1.82) is 0 Å². The summed E-state index contributed by atoms with van der Waals surface area (Å²) in [4.78, 5) is 19.7. The molecule has 4 N–H and O–H groups in total. The van der Waals surface area contributed by atoms with E-state index in [1.165, 1.54) is 0 Å². The van der Waals surface area contributed by atoms with Gasteiger partial charge in [0.05, 0.1) is 16.9 Å². The zero-order valence-electron chi connectivity index (χ0n) is 10.2. The Kier molecular flexibility index (Phi) is 3.96. The third-order valence-corrected chi connectivity index (χ3v) is 3.98. The molecule has 1 aliphatic rings. The van der Waals surface area contributed by atoms with Crippen molar-refractivity contribution in [3.63, 3.8) is 0 Å². The van der Waals surface area contributed by atoms with Crippen molar-refractivity contribution < 1.29 is 4.79 Å². The van der Waals surface area contributed by atoms with Gasteiger partial charge in [0.2, 0.25) is 5.91 Å². The second-order valence-corrected chi connectivity index (χ2v) is 5.17. The summed E-state index contributed by atoms with van der Waals surface area (Å²) in [6.45, 7) is 0.385. The molecule has 0 atom stereocenters. The smallest absolute Gasteiger partial charge is 0.233 e. The van der Waals surface area contributed by atoms with Crippen LogP contribution in [-0.4, -0.2) is 20.9 Å². The lowest BCUT2D eigenvalue weighted by Crippen LogP contribution is -2.49. The van der Waals surface area contributed by atoms with E-state index in [1.54, 1.807) is 12.4 Å². The van der Waals surface area contributed by atoms with Gasteiger partial charge in [0, 0.05) is 12.4 Å². The Morgan fingerprint density at radius 2 is 2.22 bits per heavy atom. The van der Waals surface area contributed by atoms with Crippen LogP contribution in [0.25, 0.3) is 0 Å². The van der Waals surface area contributed by atoms with Gasteiger partial charge in [0.1, 0.15) is 5.82 Å². The number of imidazole rings is 1. The molecule has 0 unspecified atom stereocenters. The zero-order valence-corrected chi connectivity index (χ0v) is 11.1. The molecular formula is C12H18N4OS. The fraction of sp³-hybridized carbons (Fsp3) is 0.583. The number of H-pyrrole nitrogens is 1. The first-order chi connectivity index (χ1) is 8.65. The Hall–Kier alpha value is -1.43. The average Bonchev–Trinajstić information content (AvgIpc) is 2.89. The molecule has 6 heteroatoms. The van der Waals surface area contributed by atoms with E-state index in [1.807, 2.05) is 0 Å². The van der Waals surface area contributed by atoms with Crippen LogP contribution in [0.2, 0.25) is 0 Å². The number of aromatic nitrogens is 2. The van der Waals surface area contributed by atoms with Crippen LogP contribution < -0.4 is 11.1 Å². The molecule has 5 nitrogen and oxygen atoms in total. The van der Waals surface area contributed by atoms with E-state index in [4.69, 9.17) is 18.0 Å². The van der Waals surface area contributed by atoms with Gasteiger partial charge in [-0.15, -0.1) is 0 Å². The first-order valence-electron chi connectivity index (χ1n) is 6.21. The minimum Gasteiger partial charge on any atom is -0.392 e. The highest BCUT2D eigenvalue weighted by Crippen LogP contribution is 2.36. The Balaban J connectivity index is 2.02. The fourth-order valence-corrected chi connectivity index (χ4v) is 2.77. The lowest BCUT2D eigenvalue weighted by molar-refractivity contribution is -0.129. The first kappa shape index (κ1) is 13.0. The summed E-state index contributed by atoms with van der Waals surface area (Å²) in [7, 11) is 0. The van der Waals surface area contributed by atoms with Crippen molar-refractivity contribution in [1.82, 2.24) is 15.3 Å². The molecular weight excluding hydrogens is 248 g/mol. The van der Waals surface area contributed by atoms with Gasteiger partial charge in [-0.3, -0.25) is 4.79 Å². The molecule has 0 bridgehead atoms. The lowest BCUT2D eigenvalue weighted by atomic mass is 9.73. The minimum absolute atomic E-state index is 0.0638. The number of carbonyl (C=O) groups is 1. The Morgan fingerprint density at radius 1 is 1.50 bits per heavy atom. The number of aromatic amines is 1. The summed E-state index contributed by atoms with van der Waals surface area (Å²) in [6, 6.07) is 0. The molecule has 1 aromatic heterocycles. The van der Waals surface area contributed by atoms with E-state index < -0.39 is 5.41 Å². The molecule has 1 aliphatic carbocycles. The average molecular weight is 266 g/mol. The maximum absolute atomic E-state index is 12.3. The van der Waals surface area contributed by atoms with Crippen LogP contribution in [0.1, 0.15) is 37.9 Å². The van der Waals surface area contributed by atoms with Gasteiger partial charge < -0.3 is 16.0 Å². The molecule has 1 heterocycles. The molecule has 2 rings (SSSR count). The van der Waals surface area contributed by atoms with Crippen molar-refractivity contribution in [2.75, 3.05) is 0 Å². The number of rotatable bonds is 4. The first-order valence-corrected chi connectivity index (χ1v) is 6.62. The van der Waals surface area contributed by atoms with E-state index >= 15 is 0 Å². The summed E-state index contributed by atoms with van der Waals surface area (Å²) in [6.07, 6.45) is 8.06. The number of carbonyl (C=O) groups excluding carboxylic acids is 1. The van der Waals surface area contributed by atoms with Gasteiger partial charge in [-0.05, 0) is 12.8 Å². The lowest BCUT2D eigenvalue weighted by Gasteiger charge is -2.34. The third-order valence-electron chi connectivity index (χ3n) is 3.58. The van der Waals surface area contributed by atoms with E-state index in [9.17, 15) is 4.79 Å². The Morgan fingerprint density at radius 3 is 2.78 bits per heavy atom. The molecule has 18 heavy (non-hydrogen) atoms. The second kappa shape index (κ2) is 5.48. The molecule has 0 radical (unpaired) electrons. The number of nitrogens with two attached hydrogens (primary N) is 1. The van der Waals surface area contributed by atoms with Gasteiger partial charge in [-0.2, -0.15) is 0 Å². The maximum Gasteiger partial charge on any atom is 0.233 e. The van der Waals surface area contributed by atoms with Crippen molar-refractivity contribution in [2.45, 2.75) is 38.6 Å². The summed E-state index contributed by atoms with van der Waals surface area (Å²) >= 11 is 5.11. The van der Waals surface area contributed by atoms with Crippen molar-refractivity contribution in [2.24, 2.45) is 11.1 Å². The third kappa shape index (κ3) is 2.53. The normalized spacial score (nSPS) is 18.2. The largest absolute Gasteiger partial charge is 0.392 e. The van der Waals surface area contributed by atoms with Gasteiger partial charge in [-0.1, -0.05) is 31.5 Å². The molecule has 1 amide bonds. The summed E-state index contributed by atoms with van der Waals surface area (Å²) in [5.41, 5.74) is 5.15. The van der Waals surface area contributed by atoms with Crippen LogP contribution in [0, 0.1) is 5.41 Å². The van der Waals surface area contributed by atoms with Gasteiger partial charge in [0.25, 0.3) is 0 Å². The number of thiocarbonyl (C=S) groups is 1. The molecule has 1 saturated carbocycles. The number of amides is 1. The number of nitrogens with zero attached hydrogens (tertiary/aromatic N) is 1. The van der Waals surface area contributed by atoms with Crippen LogP contribution in [0.5, 0.6) is 0 Å². The second-order valence-electron chi connectivity index (χ2n) is 4.73. The topological polar surface area (TPSA) is 83.8 Å². The molecule has 0 aromatic carbocycles. The quantitative estimate of drug-likeness (QED) is 0.716. The minimum atomic E-state index is -0.653. The Labute approximate surface area is 112 Å². The van der Waals surface area contributed by atoms with Gasteiger partial charge >= 0.3 is 0 Å². The number of hydrogen-bond donors (Lipinski definition) is 3. The van der Waals surface area contributed by atoms with Crippen LogP contribution in [-0.2, 0) is 11.3 Å². The van der Waals surface area contributed by atoms with E-state index in [0.29, 0.717) is 11.5 Å². The van der Waals surface area contributed by atoms with E-state index in [2.05, 4.69) is 15.3 Å². The van der Waals surface area contributed by atoms with Crippen LogP contribution in [0.4, 0.5) is 0 Å². The standard InChI is InChI=1S/C12H18N4OS/c13-10(18)12(4-2-1-3-5-12)11(17)16-8-9-14-6-7-15-9/h6-7H,1-5,8H2,(H2,13,18)(H,14,15)(H,16,17). The van der Waals surface area contributed by atoms with Crippen LogP contribution in [0.3, 0.4) is 0 Å². The van der Waals surface area contributed by atoms with Crippen molar-refractivity contribution in [3.05, 3.63) is 18.2 Å². The SMILES string of the molecule is NC(=S)C1(C(=O)NCc2ncc[nH]2)CCCCC1. The summed E-state index contributed by atoms with van der Waals surface area (Å²) < 4.78 is 0. The highest BCUT2D eigenvalue weighted by atomic mass is 32.1. The van der Waals surface area contributed by atoms with Crippen LogP contribution in [0.15, 0.2) is 12.4 Å². The van der Waals surface area contributed by atoms with E-state index in [-0.39, 0.29) is 5.91 Å². The summed E-state index contributed by atoms with van der Waals surface area (Å²) in [5, 5.41) is 2.88. The number of nitrogens with one attached hydrogen (secondary N) is 2. The number of hydrogen-bond acceptors (Lipinski definition) is 3. The molecule has 1 aromatic rings. The molecule has 0 aliphatic heterocycles. The van der Waals surface area contributed by atoms with Crippen molar-refractivity contribution in [3.8, 4) is 0 Å². The molecule has 98 valence electrons. The van der Waals surface area contributed by atoms with Crippen LogP contribution >= 0.6 is 12.2 Å². The fourth-order valence-electron chi connectivity index (χ4n) is 2.47. The predicted molar refractivity (Wildman–Crippen MR) is 72.7 cm³/mol. The zero-order chi connectivity index (χ0) is 13.0. The van der Waals surface area contributed by atoms with Gasteiger partial charge in [-0.25, -0.2) is 4.98 Å².